The summed E-state index contributed by atoms with van der Waals surface area (Å²) in [5, 5.41) is 4.42. The molecule has 0 bridgehead atoms. The molecule has 1 aliphatic rings. The first-order valence-electron chi connectivity index (χ1n) is 10.7. The Bertz CT molecular complexity index is 1160. The molecular formula is C25H29NO6. The van der Waals surface area contributed by atoms with Gasteiger partial charge in [0.25, 0.3) is 0 Å². The minimum absolute atomic E-state index is 0.00527. The van der Waals surface area contributed by atoms with E-state index in [1.54, 1.807) is 19.2 Å². The SMILES string of the molecule is COc1cc(OC)c2c(=O)oc(-c3cc(C)c(OC(C)C4CNCCO4)c(C)c3)cc2c1. The Morgan fingerprint density at radius 2 is 1.81 bits per heavy atom. The van der Waals surface area contributed by atoms with E-state index in [2.05, 4.69) is 5.32 Å². The number of fused-ring (bicyclic) bond motifs is 1. The second-order valence-electron chi connectivity index (χ2n) is 8.07. The number of rotatable bonds is 6. The van der Waals surface area contributed by atoms with Gasteiger partial charge in [0.1, 0.15) is 40.6 Å². The summed E-state index contributed by atoms with van der Waals surface area (Å²) < 4.78 is 28.5. The summed E-state index contributed by atoms with van der Waals surface area (Å²) in [5.74, 6) is 2.32. The molecule has 0 saturated carbocycles. The molecule has 3 aromatic rings. The quantitative estimate of drug-likeness (QED) is 0.625. The third-order valence-corrected chi connectivity index (χ3v) is 5.78. The Morgan fingerprint density at radius 3 is 2.44 bits per heavy atom. The van der Waals surface area contributed by atoms with Gasteiger partial charge >= 0.3 is 5.63 Å². The maximum Gasteiger partial charge on any atom is 0.347 e. The van der Waals surface area contributed by atoms with Gasteiger partial charge in [-0.1, -0.05) is 0 Å². The van der Waals surface area contributed by atoms with E-state index >= 15 is 0 Å². The molecule has 4 rings (SSSR count). The summed E-state index contributed by atoms with van der Waals surface area (Å²) in [6.07, 6.45) is -0.0877. The molecule has 7 nitrogen and oxygen atoms in total. The van der Waals surface area contributed by atoms with Gasteiger partial charge in [0.15, 0.2) is 0 Å². The smallest absolute Gasteiger partial charge is 0.347 e. The maximum atomic E-state index is 12.8. The van der Waals surface area contributed by atoms with Crippen LogP contribution >= 0.6 is 0 Å². The fraction of sp³-hybridized carbons (Fsp3) is 0.400. The van der Waals surface area contributed by atoms with Crippen LogP contribution in [0.1, 0.15) is 18.1 Å². The zero-order valence-corrected chi connectivity index (χ0v) is 19.1. The van der Waals surface area contributed by atoms with Gasteiger partial charge in [-0.05, 0) is 56.2 Å². The number of hydrogen-bond donors (Lipinski definition) is 1. The van der Waals surface area contributed by atoms with E-state index < -0.39 is 5.63 Å². The highest BCUT2D eigenvalue weighted by molar-refractivity contribution is 5.90. The van der Waals surface area contributed by atoms with Crippen molar-refractivity contribution in [3.63, 3.8) is 0 Å². The molecule has 7 heteroatoms. The van der Waals surface area contributed by atoms with Crippen LogP contribution in [-0.2, 0) is 4.74 Å². The maximum absolute atomic E-state index is 12.8. The number of hydrogen-bond acceptors (Lipinski definition) is 7. The third-order valence-electron chi connectivity index (χ3n) is 5.78. The Kier molecular flexibility index (Phi) is 6.39. The summed E-state index contributed by atoms with van der Waals surface area (Å²) in [6, 6.07) is 9.25. The molecule has 1 aliphatic heterocycles. The lowest BCUT2D eigenvalue weighted by atomic mass is 10.0. The fourth-order valence-corrected chi connectivity index (χ4v) is 4.11. The van der Waals surface area contributed by atoms with Gasteiger partial charge in [0.05, 0.1) is 20.8 Å². The largest absolute Gasteiger partial charge is 0.497 e. The van der Waals surface area contributed by atoms with Crippen LogP contribution in [0, 0.1) is 13.8 Å². The summed E-state index contributed by atoms with van der Waals surface area (Å²) >= 11 is 0. The van der Waals surface area contributed by atoms with E-state index in [9.17, 15) is 4.79 Å². The third kappa shape index (κ3) is 4.31. The minimum Gasteiger partial charge on any atom is -0.497 e. The lowest BCUT2D eigenvalue weighted by Crippen LogP contribution is -2.46. The van der Waals surface area contributed by atoms with Gasteiger partial charge in [-0.2, -0.15) is 0 Å². The van der Waals surface area contributed by atoms with E-state index in [4.69, 9.17) is 23.4 Å². The second kappa shape index (κ2) is 9.22. The van der Waals surface area contributed by atoms with Crippen LogP contribution < -0.4 is 25.2 Å². The summed E-state index contributed by atoms with van der Waals surface area (Å²) in [7, 11) is 3.09. The van der Waals surface area contributed by atoms with Crippen LogP contribution in [0.25, 0.3) is 22.1 Å². The number of benzene rings is 2. The van der Waals surface area contributed by atoms with Crippen molar-refractivity contribution in [1.29, 1.82) is 0 Å². The molecule has 32 heavy (non-hydrogen) atoms. The van der Waals surface area contributed by atoms with Crippen LogP contribution in [0.3, 0.4) is 0 Å². The topological polar surface area (TPSA) is 79.2 Å². The van der Waals surface area contributed by atoms with Gasteiger partial charge < -0.3 is 28.7 Å². The fourth-order valence-electron chi connectivity index (χ4n) is 4.11. The van der Waals surface area contributed by atoms with Crippen LogP contribution in [0.2, 0.25) is 0 Å². The Morgan fingerprint density at radius 1 is 1.06 bits per heavy atom. The van der Waals surface area contributed by atoms with Gasteiger partial charge in [-0.15, -0.1) is 0 Å². The zero-order valence-electron chi connectivity index (χ0n) is 19.1. The lowest BCUT2D eigenvalue weighted by Gasteiger charge is -2.30. The minimum atomic E-state index is -0.455. The van der Waals surface area contributed by atoms with Crippen molar-refractivity contribution in [2.75, 3.05) is 33.9 Å². The molecule has 1 aromatic heterocycles. The van der Waals surface area contributed by atoms with Gasteiger partial charge in [0, 0.05) is 30.1 Å². The van der Waals surface area contributed by atoms with Crippen molar-refractivity contribution in [2.45, 2.75) is 33.0 Å². The van der Waals surface area contributed by atoms with Crippen LogP contribution in [-0.4, -0.2) is 46.1 Å². The summed E-state index contributed by atoms with van der Waals surface area (Å²) in [4.78, 5) is 12.8. The molecule has 2 heterocycles. The van der Waals surface area contributed by atoms with Gasteiger partial charge in [-0.25, -0.2) is 4.79 Å². The highest BCUT2D eigenvalue weighted by atomic mass is 16.5. The van der Waals surface area contributed by atoms with Crippen molar-refractivity contribution < 1.29 is 23.4 Å². The molecule has 2 atom stereocenters. The number of nitrogens with one attached hydrogen (secondary N) is 1. The molecule has 0 amide bonds. The molecular weight excluding hydrogens is 410 g/mol. The Hall–Kier alpha value is -3.03. The van der Waals surface area contributed by atoms with Crippen LogP contribution in [0.15, 0.2) is 39.5 Å². The van der Waals surface area contributed by atoms with Crippen molar-refractivity contribution in [3.05, 3.63) is 51.9 Å². The number of methoxy groups -OCH3 is 2. The predicted octanol–water partition coefficient (Wildman–Crippen LogP) is 3.85. The van der Waals surface area contributed by atoms with E-state index in [-0.39, 0.29) is 12.2 Å². The summed E-state index contributed by atoms with van der Waals surface area (Å²) in [5.41, 5.74) is 2.27. The second-order valence-corrected chi connectivity index (χ2v) is 8.07. The van der Waals surface area contributed by atoms with Crippen molar-refractivity contribution >= 4 is 10.8 Å². The van der Waals surface area contributed by atoms with Gasteiger partial charge in [0.2, 0.25) is 0 Å². The number of aryl methyl sites for hydroxylation is 2. The van der Waals surface area contributed by atoms with Crippen molar-refractivity contribution in [3.8, 4) is 28.6 Å². The first-order valence-corrected chi connectivity index (χ1v) is 10.7. The van der Waals surface area contributed by atoms with E-state index in [0.717, 1.165) is 35.5 Å². The molecule has 1 N–H and O–H groups in total. The molecule has 1 fully saturated rings. The Labute approximate surface area is 187 Å². The van der Waals surface area contributed by atoms with E-state index in [1.165, 1.54) is 7.11 Å². The van der Waals surface area contributed by atoms with Crippen LogP contribution in [0.5, 0.6) is 17.2 Å². The standard InChI is InChI=1S/C25H29NO6/c1-14-8-17(9-15(2)24(14)31-16(3)22-13-26-6-7-30-22)20-11-18-10-19(28-4)12-21(29-5)23(18)25(27)32-20/h8-12,16,22,26H,6-7,13H2,1-5H3. The van der Waals surface area contributed by atoms with E-state index in [0.29, 0.717) is 34.6 Å². The first-order chi connectivity index (χ1) is 15.4. The molecule has 0 spiro atoms. The first kappa shape index (κ1) is 22.2. The van der Waals surface area contributed by atoms with Crippen LogP contribution in [0.4, 0.5) is 0 Å². The monoisotopic (exact) mass is 439 g/mol. The van der Waals surface area contributed by atoms with Crippen molar-refractivity contribution in [2.24, 2.45) is 0 Å². The normalized spacial score (nSPS) is 17.2. The molecule has 0 radical (unpaired) electrons. The Balaban J connectivity index is 1.70. The average Bonchev–Trinajstić information content (AvgIpc) is 2.80. The molecule has 2 unspecified atom stereocenters. The number of morpholine rings is 1. The van der Waals surface area contributed by atoms with E-state index in [1.807, 2.05) is 39.0 Å². The molecule has 2 aromatic carbocycles. The zero-order chi connectivity index (χ0) is 22.8. The molecule has 1 saturated heterocycles. The molecule has 170 valence electrons. The highest BCUT2D eigenvalue weighted by Crippen LogP contribution is 2.34. The highest BCUT2D eigenvalue weighted by Gasteiger charge is 2.23. The van der Waals surface area contributed by atoms with Crippen molar-refractivity contribution in [1.82, 2.24) is 5.32 Å². The molecule has 0 aliphatic carbocycles. The predicted molar refractivity (Wildman–Crippen MR) is 123 cm³/mol. The number of ether oxygens (including phenoxy) is 4. The lowest BCUT2D eigenvalue weighted by molar-refractivity contribution is -0.0353. The summed E-state index contributed by atoms with van der Waals surface area (Å²) in [6.45, 7) is 8.32. The average molecular weight is 440 g/mol. The van der Waals surface area contributed by atoms with Gasteiger partial charge in [-0.3, -0.25) is 0 Å².